The quantitative estimate of drug-likeness (QED) is 0.753. The van der Waals surface area contributed by atoms with Crippen molar-refractivity contribution in [1.29, 1.82) is 0 Å². The van der Waals surface area contributed by atoms with E-state index in [4.69, 9.17) is 16.3 Å². The molecule has 5 nitrogen and oxygen atoms in total. The minimum absolute atomic E-state index is 0.133. The molecule has 0 saturated carbocycles. The fraction of sp³-hybridized carbons (Fsp3) is 0.105. The number of nitrogens with zero attached hydrogens (tertiary/aromatic N) is 2. The van der Waals surface area contributed by atoms with Crippen molar-refractivity contribution < 1.29 is 9.53 Å². The lowest BCUT2D eigenvalue weighted by molar-refractivity contribution is -0.115. The van der Waals surface area contributed by atoms with Gasteiger partial charge in [-0.1, -0.05) is 41.9 Å². The summed E-state index contributed by atoms with van der Waals surface area (Å²) in [7, 11) is 1.54. The Morgan fingerprint density at radius 1 is 1.08 bits per heavy atom. The Morgan fingerprint density at radius 2 is 1.92 bits per heavy atom. The number of nitrogens with one attached hydrogen (secondary N) is 1. The Labute approximate surface area is 150 Å². The molecule has 3 rings (SSSR count). The van der Waals surface area contributed by atoms with Gasteiger partial charge in [-0.2, -0.15) is 0 Å². The van der Waals surface area contributed by atoms with E-state index in [1.54, 1.807) is 19.2 Å². The van der Waals surface area contributed by atoms with Crippen LogP contribution in [0.15, 0.2) is 60.7 Å². The van der Waals surface area contributed by atoms with Gasteiger partial charge in [0.2, 0.25) is 11.8 Å². The second-order valence-electron chi connectivity index (χ2n) is 5.36. The predicted molar refractivity (Wildman–Crippen MR) is 97.8 cm³/mol. The van der Waals surface area contributed by atoms with Crippen LogP contribution in [0.25, 0.3) is 11.3 Å². The fourth-order valence-electron chi connectivity index (χ4n) is 2.36. The molecule has 0 spiro atoms. The number of ether oxygens (including phenoxy) is 1. The Morgan fingerprint density at radius 3 is 2.64 bits per heavy atom. The SMILES string of the molecule is COc1ccc(-c2cccc(NC(=O)Cc3ccccc3Cl)c2)nn1. The number of halogens is 1. The first kappa shape index (κ1) is 16.9. The maximum atomic E-state index is 12.3. The van der Waals surface area contributed by atoms with Crippen LogP contribution in [0, 0.1) is 0 Å². The van der Waals surface area contributed by atoms with E-state index >= 15 is 0 Å². The lowest BCUT2D eigenvalue weighted by Gasteiger charge is -2.08. The number of benzene rings is 2. The Kier molecular flexibility index (Phi) is 5.26. The number of anilines is 1. The minimum atomic E-state index is -0.133. The largest absolute Gasteiger partial charge is 0.480 e. The van der Waals surface area contributed by atoms with Crippen LogP contribution in [-0.2, 0) is 11.2 Å². The van der Waals surface area contributed by atoms with E-state index in [1.165, 1.54) is 0 Å². The van der Waals surface area contributed by atoms with Gasteiger partial charge in [-0.05, 0) is 29.8 Å². The average molecular weight is 354 g/mol. The zero-order valence-electron chi connectivity index (χ0n) is 13.6. The number of carbonyl (C=O) groups is 1. The third kappa shape index (κ3) is 4.33. The van der Waals surface area contributed by atoms with Crippen molar-refractivity contribution in [3.8, 4) is 17.1 Å². The molecule has 0 radical (unpaired) electrons. The average Bonchev–Trinajstić information content (AvgIpc) is 2.64. The second kappa shape index (κ2) is 7.77. The Bertz CT molecular complexity index is 882. The molecule has 1 aromatic heterocycles. The molecule has 0 aliphatic carbocycles. The maximum absolute atomic E-state index is 12.3. The lowest BCUT2D eigenvalue weighted by Crippen LogP contribution is -2.14. The van der Waals surface area contributed by atoms with Gasteiger partial charge in [0, 0.05) is 22.3 Å². The van der Waals surface area contributed by atoms with E-state index in [0.717, 1.165) is 11.1 Å². The summed E-state index contributed by atoms with van der Waals surface area (Å²) in [6.45, 7) is 0. The molecule has 3 aromatic rings. The van der Waals surface area contributed by atoms with Crippen LogP contribution in [0.5, 0.6) is 5.88 Å². The normalized spacial score (nSPS) is 10.3. The zero-order chi connectivity index (χ0) is 17.6. The van der Waals surface area contributed by atoms with Gasteiger partial charge < -0.3 is 10.1 Å². The van der Waals surface area contributed by atoms with Gasteiger partial charge in [-0.15, -0.1) is 10.2 Å². The summed E-state index contributed by atoms with van der Waals surface area (Å²) in [4.78, 5) is 12.3. The van der Waals surface area contributed by atoms with Gasteiger partial charge in [0.25, 0.3) is 0 Å². The van der Waals surface area contributed by atoms with Gasteiger partial charge in [0.05, 0.1) is 19.2 Å². The summed E-state index contributed by atoms with van der Waals surface area (Å²) in [6, 6.07) is 18.3. The summed E-state index contributed by atoms with van der Waals surface area (Å²) < 4.78 is 5.01. The highest BCUT2D eigenvalue weighted by Crippen LogP contribution is 2.22. The number of rotatable bonds is 5. The van der Waals surface area contributed by atoms with Gasteiger partial charge in [0.15, 0.2) is 0 Å². The third-order valence-corrected chi connectivity index (χ3v) is 3.97. The topological polar surface area (TPSA) is 64.1 Å². The van der Waals surface area contributed by atoms with Crippen LogP contribution in [0.1, 0.15) is 5.56 Å². The number of hydrogen-bond donors (Lipinski definition) is 1. The zero-order valence-corrected chi connectivity index (χ0v) is 14.3. The molecule has 6 heteroatoms. The van der Waals surface area contributed by atoms with Crippen LogP contribution in [0.4, 0.5) is 5.69 Å². The van der Waals surface area contributed by atoms with Crippen LogP contribution >= 0.6 is 11.6 Å². The first-order valence-corrected chi connectivity index (χ1v) is 8.05. The summed E-state index contributed by atoms with van der Waals surface area (Å²) in [5, 5.41) is 11.5. The number of aromatic nitrogens is 2. The van der Waals surface area contributed by atoms with Crippen LogP contribution in [0.3, 0.4) is 0 Å². The number of hydrogen-bond acceptors (Lipinski definition) is 4. The van der Waals surface area contributed by atoms with E-state index in [9.17, 15) is 4.79 Å². The van der Waals surface area contributed by atoms with Gasteiger partial charge >= 0.3 is 0 Å². The van der Waals surface area contributed by atoms with Gasteiger partial charge in [-0.3, -0.25) is 4.79 Å². The molecule has 1 heterocycles. The maximum Gasteiger partial charge on any atom is 0.233 e. The molecular formula is C19H16ClN3O2. The molecule has 1 N–H and O–H groups in total. The highest BCUT2D eigenvalue weighted by molar-refractivity contribution is 6.31. The van der Waals surface area contributed by atoms with E-state index < -0.39 is 0 Å². The number of amides is 1. The molecule has 126 valence electrons. The molecule has 0 atom stereocenters. The highest BCUT2D eigenvalue weighted by Gasteiger charge is 2.08. The van der Waals surface area contributed by atoms with E-state index in [2.05, 4.69) is 15.5 Å². The number of methoxy groups -OCH3 is 1. The molecule has 0 fully saturated rings. The molecule has 25 heavy (non-hydrogen) atoms. The minimum Gasteiger partial charge on any atom is -0.480 e. The molecule has 2 aromatic carbocycles. The molecule has 0 aliphatic heterocycles. The lowest BCUT2D eigenvalue weighted by atomic mass is 10.1. The highest BCUT2D eigenvalue weighted by atomic mass is 35.5. The van der Waals surface area contributed by atoms with Crippen molar-refractivity contribution in [2.75, 3.05) is 12.4 Å². The van der Waals surface area contributed by atoms with Crippen molar-refractivity contribution in [2.24, 2.45) is 0 Å². The monoisotopic (exact) mass is 353 g/mol. The van der Waals surface area contributed by atoms with E-state index in [1.807, 2.05) is 48.5 Å². The van der Waals surface area contributed by atoms with Crippen molar-refractivity contribution in [2.45, 2.75) is 6.42 Å². The number of carbonyl (C=O) groups excluding carboxylic acids is 1. The smallest absolute Gasteiger partial charge is 0.233 e. The molecule has 0 unspecified atom stereocenters. The molecule has 0 saturated heterocycles. The second-order valence-corrected chi connectivity index (χ2v) is 5.77. The van der Waals surface area contributed by atoms with Crippen LogP contribution in [0.2, 0.25) is 5.02 Å². The van der Waals surface area contributed by atoms with E-state index in [-0.39, 0.29) is 12.3 Å². The van der Waals surface area contributed by atoms with Gasteiger partial charge in [-0.25, -0.2) is 0 Å². The van der Waals surface area contributed by atoms with Crippen molar-refractivity contribution >= 4 is 23.2 Å². The Balaban J connectivity index is 1.73. The van der Waals surface area contributed by atoms with Gasteiger partial charge in [0.1, 0.15) is 0 Å². The van der Waals surface area contributed by atoms with E-state index in [0.29, 0.717) is 22.3 Å². The molecular weight excluding hydrogens is 338 g/mol. The van der Waals surface area contributed by atoms with Crippen molar-refractivity contribution in [3.05, 3.63) is 71.2 Å². The van der Waals surface area contributed by atoms with Crippen molar-refractivity contribution in [1.82, 2.24) is 10.2 Å². The summed E-state index contributed by atoms with van der Waals surface area (Å²) in [6.07, 6.45) is 0.215. The van der Waals surface area contributed by atoms with Crippen LogP contribution in [-0.4, -0.2) is 23.2 Å². The molecule has 1 amide bonds. The first-order chi connectivity index (χ1) is 12.2. The third-order valence-electron chi connectivity index (χ3n) is 3.60. The summed E-state index contributed by atoms with van der Waals surface area (Å²) in [5.41, 5.74) is 3.03. The summed E-state index contributed by atoms with van der Waals surface area (Å²) >= 11 is 6.10. The first-order valence-electron chi connectivity index (χ1n) is 7.67. The standard InChI is InChI=1S/C19H16ClN3O2/c1-25-19-10-9-17(22-23-19)14-6-4-7-15(11-14)21-18(24)12-13-5-2-3-8-16(13)20/h2-11H,12H2,1H3,(H,21,24). The molecule has 0 bridgehead atoms. The molecule has 0 aliphatic rings. The fourth-order valence-corrected chi connectivity index (χ4v) is 2.56. The predicted octanol–water partition coefficient (Wildman–Crippen LogP) is 3.99. The summed E-state index contributed by atoms with van der Waals surface area (Å²) in [5.74, 6) is 0.319. The van der Waals surface area contributed by atoms with Crippen LogP contribution < -0.4 is 10.1 Å². The Hall–Kier alpha value is -2.92. The van der Waals surface area contributed by atoms with Crippen molar-refractivity contribution in [3.63, 3.8) is 0 Å².